The summed E-state index contributed by atoms with van der Waals surface area (Å²) >= 11 is 0. The summed E-state index contributed by atoms with van der Waals surface area (Å²) in [7, 11) is 1.63. The van der Waals surface area contributed by atoms with Crippen molar-refractivity contribution in [3.63, 3.8) is 0 Å². The van der Waals surface area contributed by atoms with Crippen molar-refractivity contribution in [2.75, 3.05) is 30.9 Å². The number of carbonyl (C=O) groups excluding carboxylic acids is 1. The number of nitrogens with one attached hydrogen (secondary N) is 2. The molecule has 37 heavy (non-hydrogen) atoms. The van der Waals surface area contributed by atoms with E-state index in [0.29, 0.717) is 24.7 Å². The van der Waals surface area contributed by atoms with Crippen LogP contribution in [-0.2, 0) is 10.9 Å². The van der Waals surface area contributed by atoms with E-state index >= 15 is 0 Å². The topological polar surface area (TPSA) is 89.0 Å². The van der Waals surface area contributed by atoms with E-state index in [-0.39, 0.29) is 5.56 Å². The fraction of sp³-hybridized carbons (Fsp3) is 0.185. The highest BCUT2D eigenvalue weighted by Gasteiger charge is 2.33. The Morgan fingerprint density at radius 1 is 0.973 bits per heavy atom. The SMILES string of the molecule is COCCNc1cc(-c2cccc(-c3cc(NC(=O)c4ccnc(C(F)(F)F)c4)ccc3C)c2)ncn1. The maximum atomic E-state index is 13.0. The number of nitrogens with zero attached hydrogens (tertiary/aromatic N) is 3. The van der Waals surface area contributed by atoms with Crippen molar-refractivity contribution in [2.45, 2.75) is 13.1 Å². The summed E-state index contributed by atoms with van der Waals surface area (Å²) in [5, 5.41) is 5.86. The normalized spacial score (nSPS) is 11.3. The molecule has 0 fully saturated rings. The number of pyridine rings is 1. The second-order valence-corrected chi connectivity index (χ2v) is 8.20. The molecule has 7 nitrogen and oxygen atoms in total. The number of aryl methyl sites for hydroxylation is 1. The van der Waals surface area contributed by atoms with Crippen molar-refractivity contribution in [1.29, 1.82) is 0 Å². The smallest absolute Gasteiger partial charge is 0.383 e. The van der Waals surface area contributed by atoms with Crippen LogP contribution in [0.5, 0.6) is 0 Å². The highest BCUT2D eigenvalue weighted by molar-refractivity contribution is 6.04. The molecule has 0 aliphatic heterocycles. The van der Waals surface area contributed by atoms with Gasteiger partial charge < -0.3 is 15.4 Å². The standard InChI is InChI=1S/C27H24F3N5O2/c1-17-6-7-21(35-26(36)20-8-9-31-24(13-20)27(28,29)30)14-22(17)18-4-3-5-19(12-18)23-15-25(34-16-33-23)32-10-11-37-2/h3-9,12-16H,10-11H2,1-2H3,(H,35,36)(H,32,33,34). The van der Waals surface area contributed by atoms with E-state index in [2.05, 4.69) is 25.6 Å². The summed E-state index contributed by atoms with van der Waals surface area (Å²) in [4.78, 5) is 24.6. The first-order valence-electron chi connectivity index (χ1n) is 11.4. The van der Waals surface area contributed by atoms with Gasteiger partial charge in [-0.1, -0.05) is 24.3 Å². The number of rotatable bonds is 8. The number of alkyl halides is 3. The molecule has 0 bridgehead atoms. The van der Waals surface area contributed by atoms with Gasteiger partial charge in [0.2, 0.25) is 0 Å². The van der Waals surface area contributed by atoms with Crippen LogP contribution in [0.1, 0.15) is 21.6 Å². The van der Waals surface area contributed by atoms with E-state index in [1.807, 2.05) is 43.3 Å². The van der Waals surface area contributed by atoms with E-state index in [1.165, 1.54) is 12.4 Å². The summed E-state index contributed by atoms with van der Waals surface area (Å²) in [5.74, 6) is 0.0177. The molecule has 0 aliphatic rings. The zero-order valence-corrected chi connectivity index (χ0v) is 20.1. The van der Waals surface area contributed by atoms with Gasteiger partial charge in [0.25, 0.3) is 5.91 Å². The molecule has 10 heteroatoms. The van der Waals surface area contributed by atoms with Crippen molar-refractivity contribution < 1.29 is 22.7 Å². The Bertz CT molecular complexity index is 1410. The third-order valence-corrected chi connectivity index (χ3v) is 5.56. The van der Waals surface area contributed by atoms with Crippen LogP contribution >= 0.6 is 0 Å². The second-order valence-electron chi connectivity index (χ2n) is 8.20. The average molecular weight is 508 g/mol. The number of benzene rings is 2. The first kappa shape index (κ1) is 25.8. The van der Waals surface area contributed by atoms with Gasteiger partial charge in [-0.2, -0.15) is 13.2 Å². The number of amides is 1. The minimum atomic E-state index is -4.64. The van der Waals surface area contributed by atoms with Gasteiger partial charge in [-0.3, -0.25) is 9.78 Å². The number of methoxy groups -OCH3 is 1. The van der Waals surface area contributed by atoms with Crippen LogP contribution in [0.4, 0.5) is 24.7 Å². The average Bonchev–Trinajstić information content (AvgIpc) is 2.90. The number of hydrogen-bond acceptors (Lipinski definition) is 6. The number of ether oxygens (including phenoxy) is 1. The predicted molar refractivity (Wildman–Crippen MR) is 135 cm³/mol. The number of carbonyl (C=O) groups is 1. The quantitative estimate of drug-likeness (QED) is 0.291. The maximum Gasteiger partial charge on any atom is 0.433 e. The Morgan fingerprint density at radius 2 is 1.78 bits per heavy atom. The Balaban J connectivity index is 1.58. The molecule has 0 saturated carbocycles. The molecule has 0 atom stereocenters. The Kier molecular flexibility index (Phi) is 7.78. The Hall–Kier alpha value is -4.31. The summed E-state index contributed by atoms with van der Waals surface area (Å²) in [5.41, 5.74) is 3.52. The van der Waals surface area contributed by atoms with Crippen LogP contribution in [0.3, 0.4) is 0 Å². The minimum absolute atomic E-state index is 0.134. The van der Waals surface area contributed by atoms with Crippen LogP contribution in [0.2, 0.25) is 0 Å². The predicted octanol–water partition coefficient (Wildman–Crippen LogP) is 5.84. The van der Waals surface area contributed by atoms with Crippen LogP contribution in [0.25, 0.3) is 22.4 Å². The van der Waals surface area contributed by atoms with Gasteiger partial charge in [0.1, 0.15) is 17.8 Å². The van der Waals surface area contributed by atoms with Crippen LogP contribution in [0, 0.1) is 6.92 Å². The molecule has 0 spiro atoms. The Labute approximate surface area is 211 Å². The molecule has 0 unspecified atom stereocenters. The first-order chi connectivity index (χ1) is 17.7. The van der Waals surface area contributed by atoms with Gasteiger partial charge in [0, 0.05) is 42.7 Å². The lowest BCUT2D eigenvalue weighted by Gasteiger charge is -2.13. The molecule has 2 N–H and O–H groups in total. The number of halogens is 3. The van der Waals surface area contributed by atoms with Crippen molar-refractivity contribution in [1.82, 2.24) is 15.0 Å². The van der Waals surface area contributed by atoms with E-state index in [0.717, 1.165) is 40.2 Å². The highest BCUT2D eigenvalue weighted by atomic mass is 19.4. The molecule has 2 aromatic carbocycles. The third kappa shape index (κ3) is 6.47. The molecule has 1 amide bonds. The van der Waals surface area contributed by atoms with Crippen molar-refractivity contribution in [3.8, 4) is 22.4 Å². The summed E-state index contributed by atoms with van der Waals surface area (Å²) in [6.45, 7) is 3.10. The molecule has 0 saturated heterocycles. The number of aromatic nitrogens is 3. The lowest BCUT2D eigenvalue weighted by molar-refractivity contribution is -0.141. The van der Waals surface area contributed by atoms with Crippen LogP contribution in [-0.4, -0.2) is 41.1 Å². The van der Waals surface area contributed by atoms with E-state index in [1.54, 1.807) is 19.2 Å². The molecule has 4 rings (SSSR count). The zero-order chi connectivity index (χ0) is 26.4. The van der Waals surface area contributed by atoms with Crippen molar-refractivity contribution >= 4 is 17.4 Å². The van der Waals surface area contributed by atoms with Crippen molar-refractivity contribution in [2.24, 2.45) is 0 Å². The lowest BCUT2D eigenvalue weighted by Crippen LogP contribution is -2.15. The van der Waals surface area contributed by atoms with Gasteiger partial charge >= 0.3 is 6.18 Å². The molecule has 0 aliphatic carbocycles. The maximum absolute atomic E-state index is 13.0. The van der Waals surface area contributed by atoms with E-state index in [9.17, 15) is 18.0 Å². The van der Waals surface area contributed by atoms with Crippen molar-refractivity contribution in [3.05, 3.63) is 90.0 Å². The monoisotopic (exact) mass is 507 g/mol. The molecule has 190 valence electrons. The molecular formula is C27H24F3N5O2. The largest absolute Gasteiger partial charge is 0.433 e. The molecular weight excluding hydrogens is 483 g/mol. The van der Waals surface area contributed by atoms with Gasteiger partial charge in [0.15, 0.2) is 0 Å². The van der Waals surface area contributed by atoms with E-state index < -0.39 is 17.8 Å². The third-order valence-electron chi connectivity index (χ3n) is 5.56. The molecule has 0 radical (unpaired) electrons. The molecule has 2 heterocycles. The highest BCUT2D eigenvalue weighted by Crippen LogP contribution is 2.31. The Morgan fingerprint density at radius 3 is 2.57 bits per heavy atom. The summed E-state index contributed by atoms with van der Waals surface area (Å²) < 4.78 is 44.0. The fourth-order valence-electron chi connectivity index (χ4n) is 3.68. The van der Waals surface area contributed by atoms with E-state index in [4.69, 9.17) is 4.74 Å². The lowest BCUT2D eigenvalue weighted by atomic mass is 9.97. The number of anilines is 2. The summed E-state index contributed by atoms with van der Waals surface area (Å²) in [6.07, 6.45) is -2.18. The molecule has 4 aromatic rings. The summed E-state index contributed by atoms with van der Waals surface area (Å²) in [6, 6.07) is 16.9. The fourth-order valence-corrected chi connectivity index (χ4v) is 3.68. The van der Waals surface area contributed by atoms with Gasteiger partial charge in [-0.15, -0.1) is 0 Å². The van der Waals surface area contributed by atoms with Crippen LogP contribution in [0.15, 0.2) is 73.2 Å². The zero-order valence-electron chi connectivity index (χ0n) is 20.1. The number of hydrogen-bond donors (Lipinski definition) is 2. The van der Waals surface area contributed by atoms with Gasteiger partial charge in [-0.05, 0) is 53.9 Å². The van der Waals surface area contributed by atoms with Gasteiger partial charge in [0.05, 0.1) is 12.3 Å². The van der Waals surface area contributed by atoms with Gasteiger partial charge in [-0.25, -0.2) is 9.97 Å². The van der Waals surface area contributed by atoms with Crippen LogP contribution < -0.4 is 10.6 Å². The molecule has 2 aromatic heterocycles. The first-order valence-corrected chi connectivity index (χ1v) is 11.4. The minimum Gasteiger partial charge on any atom is -0.383 e. The second kappa shape index (κ2) is 11.2.